The largest absolute Gasteiger partial charge is 0.494 e. The van der Waals surface area contributed by atoms with E-state index in [-0.39, 0.29) is 5.91 Å². The molecule has 0 saturated heterocycles. The quantitative estimate of drug-likeness (QED) is 0.328. The van der Waals surface area contributed by atoms with E-state index in [9.17, 15) is 4.79 Å². The summed E-state index contributed by atoms with van der Waals surface area (Å²) in [4.78, 5) is 21.2. The number of amides is 1. The second kappa shape index (κ2) is 11.0. The summed E-state index contributed by atoms with van der Waals surface area (Å²) in [6.07, 6.45) is 4.14. The van der Waals surface area contributed by atoms with Gasteiger partial charge in [0.25, 0.3) is 5.91 Å². The molecule has 0 radical (unpaired) electrons. The molecule has 0 bridgehead atoms. The fraction of sp³-hybridized carbons (Fsp3) is 0.269. The number of para-hydroxylation sites is 2. The van der Waals surface area contributed by atoms with Crippen LogP contribution in [0.5, 0.6) is 5.75 Å². The van der Waals surface area contributed by atoms with Crippen LogP contribution < -0.4 is 10.1 Å². The van der Waals surface area contributed by atoms with Gasteiger partial charge in [0, 0.05) is 30.7 Å². The molecule has 1 N–H and O–H groups in total. The molecule has 0 saturated carbocycles. The van der Waals surface area contributed by atoms with Gasteiger partial charge < -0.3 is 14.6 Å². The first kappa shape index (κ1) is 22.8. The van der Waals surface area contributed by atoms with E-state index in [1.165, 1.54) is 0 Å². The summed E-state index contributed by atoms with van der Waals surface area (Å²) in [5.41, 5.74) is 3.51. The summed E-state index contributed by atoms with van der Waals surface area (Å²) in [6.45, 7) is 3.95. The Morgan fingerprint density at radius 1 is 1.09 bits per heavy atom. The zero-order valence-electron chi connectivity index (χ0n) is 18.6. The molecule has 0 atom stereocenters. The number of fused-ring (bicyclic) bond motifs is 1. The number of aromatic nitrogens is 3. The molecule has 33 heavy (non-hydrogen) atoms. The lowest BCUT2D eigenvalue weighted by Crippen LogP contribution is -2.27. The van der Waals surface area contributed by atoms with Crippen molar-refractivity contribution in [2.75, 3.05) is 13.2 Å². The Labute approximate surface area is 198 Å². The molecule has 170 valence electrons. The highest BCUT2D eigenvalue weighted by Gasteiger charge is 2.12. The first-order valence-electron chi connectivity index (χ1n) is 11.1. The molecular weight excluding hydrogens is 436 g/mol. The lowest BCUT2D eigenvalue weighted by atomic mass is 10.2. The van der Waals surface area contributed by atoms with Crippen molar-refractivity contribution in [2.24, 2.45) is 0 Å². The van der Waals surface area contributed by atoms with E-state index >= 15 is 0 Å². The van der Waals surface area contributed by atoms with E-state index in [2.05, 4.69) is 20.9 Å². The van der Waals surface area contributed by atoms with Crippen LogP contribution in [0.25, 0.3) is 11.0 Å². The summed E-state index contributed by atoms with van der Waals surface area (Å²) in [5.74, 6) is 1.63. The molecular formula is C26H27ClN4O2. The second-order valence-electron chi connectivity index (χ2n) is 7.86. The standard InChI is InChI=1S/C26H27ClN4O2/c1-19-18-20(11-12-21(19)27)33-17-7-6-16-31-24-10-3-2-8-22(24)30-25(31)13-15-29-26(32)23-9-4-5-14-28-23/h2-5,8-12,14,18H,6-7,13,15-17H2,1H3,(H,29,32). The molecule has 0 aliphatic rings. The van der Waals surface area contributed by atoms with Gasteiger partial charge in [-0.15, -0.1) is 0 Å². The zero-order valence-corrected chi connectivity index (χ0v) is 19.4. The minimum absolute atomic E-state index is 0.173. The summed E-state index contributed by atoms with van der Waals surface area (Å²) in [6, 6.07) is 19.2. The number of imidazole rings is 1. The van der Waals surface area contributed by atoms with E-state index in [0.717, 1.165) is 52.6 Å². The van der Waals surface area contributed by atoms with Crippen molar-refractivity contribution < 1.29 is 9.53 Å². The second-order valence-corrected chi connectivity index (χ2v) is 8.26. The number of pyridine rings is 1. The average molecular weight is 463 g/mol. The minimum Gasteiger partial charge on any atom is -0.494 e. The molecule has 0 fully saturated rings. The van der Waals surface area contributed by atoms with E-state index in [0.29, 0.717) is 25.3 Å². The van der Waals surface area contributed by atoms with Crippen LogP contribution in [0.4, 0.5) is 0 Å². The molecule has 6 nitrogen and oxygen atoms in total. The highest BCUT2D eigenvalue weighted by atomic mass is 35.5. The third kappa shape index (κ3) is 5.90. The van der Waals surface area contributed by atoms with Gasteiger partial charge in [-0.1, -0.05) is 29.8 Å². The number of halogens is 1. The molecule has 0 aliphatic heterocycles. The van der Waals surface area contributed by atoms with Gasteiger partial charge in [0.2, 0.25) is 0 Å². The Balaban J connectivity index is 1.32. The number of rotatable bonds is 10. The van der Waals surface area contributed by atoms with Crippen LogP contribution in [0.2, 0.25) is 5.02 Å². The monoisotopic (exact) mass is 462 g/mol. The van der Waals surface area contributed by atoms with Gasteiger partial charge in [-0.3, -0.25) is 9.78 Å². The molecule has 1 amide bonds. The van der Waals surface area contributed by atoms with Gasteiger partial charge >= 0.3 is 0 Å². The van der Waals surface area contributed by atoms with E-state index < -0.39 is 0 Å². The van der Waals surface area contributed by atoms with Crippen molar-refractivity contribution >= 4 is 28.5 Å². The predicted octanol–water partition coefficient (Wildman–Crippen LogP) is 5.22. The lowest BCUT2D eigenvalue weighted by Gasteiger charge is -2.11. The van der Waals surface area contributed by atoms with E-state index in [4.69, 9.17) is 21.3 Å². The molecule has 0 spiro atoms. The average Bonchev–Trinajstić information content (AvgIpc) is 3.19. The minimum atomic E-state index is -0.173. The van der Waals surface area contributed by atoms with Crippen molar-refractivity contribution in [1.29, 1.82) is 0 Å². The number of hydrogen-bond acceptors (Lipinski definition) is 4. The van der Waals surface area contributed by atoms with E-state index in [1.807, 2.05) is 43.3 Å². The maximum Gasteiger partial charge on any atom is 0.269 e. The third-order valence-corrected chi connectivity index (χ3v) is 5.86. The van der Waals surface area contributed by atoms with Crippen molar-refractivity contribution in [1.82, 2.24) is 19.9 Å². The Bertz CT molecular complexity index is 1220. The summed E-state index contributed by atoms with van der Waals surface area (Å²) in [5, 5.41) is 3.69. The lowest BCUT2D eigenvalue weighted by molar-refractivity contribution is 0.0949. The maximum atomic E-state index is 12.3. The summed E-state index contributed by atoms with van der Waals surface area (Å²) >= 11 is 6.08. The molecule has 2 heterocycles. The Morgan fingerprint density at radius 3 is 2.76 bits per heavy atom. The molecule has 2 aromatic heterocycles. The number of unbranched alkanes of at least 4 members (excludes halogenated alkanes) is 1. The Hall–Kier alpha value is -3.38. The maximum absolute atomic E-state index is 12.3. The fourth-order valence-electron chi connectivity index (χ4n) is 3.71. The van der Waals surface area contributed by atoms with Crippen LogP contribution in [-0.2, 0) is 13.0 Å². The zero-order chi connectivity index (χ0) is 23.0. The Morgan fingerprint density at radius 2 is 1.94 bits per heavy atom. The number of carbonyl (C=O) groups is 1. The molecule has 7 heteroatoms. The van der Waals surface area contributed by atoms with Crippen LogP contribution in [0, 0.1) is 6.92 Å². The number of hydrogen-bond donors (Lipinski definition) is 1. The highest BCUT2D eigenvalue weighted by molar-refractivity contribution is 6.31. The topological polar surface area (TPSA) is 69.0 Å². The van der Waals surface area contributed by atoms with Gasteiger partial charge in [-0.05, 0) is 67.8 Å². The first-order chi connectivity index (χ1) is 16.1. The van der Waals surface area contributed by atoms with Crippen molar-refractivity contribution in [3.63, 3.8) is 0 Å². The summed E-state index contributed by atoms with van der Waals surface area (Å²) < 4.78 is 8.12. The van der Waals surface area contributed by atoms with Gasteiger partial charge in [-0.2, -0.15) is 0 Å². The molecule has 4 aromatic rings. The van der Waals surface area contributed by atoms with E-state index in [1.54, 1.807) is 24.4 Å². The Kier molecular flexibility index (Phi) is 7.58. The molecule has 2 aromatic carbocycles. The molecule has 0 aliphatic carbocycles. The highest BCUT2D eigenvalue weighted by Crippen LogP contribution is 2.21. The van der Waals surface area contributed by atoms with Crippen molar-refractivity contribution in [3.05, 3.63) is 89.0 Å². The van der Waals surface area contributed by atoms with Gasteiger partial charge in [-0.25, -0.2) is 4.98 Å². The molecule has 0 unspecified atom stereocenters. The first-order valence-corrected chi connectivity index (χ1v) is 11.5. The predicted molar refractivity (Wildman–Crippen MR) is 131 cm³/mol. The van der Waals surface area contributed by atoms with Crippen LogP contribution >= 0.6 is 11.6 Å². The van der Waals surface area contributed by atoms with Gasteiger partial charge in [0.1, 0.15) is 17.3 Å². The van der Waals surface area contributed by atoms with Crippen LogP contribution in [-0.4, -0.2) is 33.6 Å². The normalized spacial score (nSPS) is 11.0. The number of nitrogens with one attached hydrogen (secondary N) is 1. The number of aryl methyl sites for hydroxylation is 2. The van der Waals surface area contributed by atoms with Gasteiger partial charge in [0.05, 0.1) is 17.6 Å². The van der Waals surface area contributed by atoms with Crippen molar-refractivity contribution in [2.45, 2.75) is 32.7 Å². The third-order valence-electron chi connectivity index (χ3n) is 5.44. The smallest absolute Gasteiger partial charge is 0.269 e. The SMILES string of the molecule is Cc1cc(OCCCCn2c(CCNC(=O)c3ccccn3)nc3ccccc32)ccc1Cl. The van der Waals surface area contributed by atoms with Crippen LogP contribution in [0.3, 0.4) is 0 Å². The molecule has 4 rings (SSSR count). The van der Waals surface area contributed by atoms with Gasteiger partial charge in [0.15, 0.2) is 0 Å². The number of ether oxygens (including phenoxy) is 1. The van der Waals surface area contributed by atoms with Crippen LogP contribution in [0.15, 0.2) is 66.9 Å². The number of nitrogens with zero attached hydrogens (tertiary/aromatic N) is 3. The van der Waals surface area contributed by atoms with Crippen LogP contribution in [0.1, 0.15) is 34.7 Å². The summed E-state index contributed by atoms with van der Waals surface area (Å²) in [7, 11) is 0. The fourth-order valence-corrected chi connectivity index (χ4v) is 3.83. The number of benzene rings is 2. The number of carbonyl (C=O) groups excluding carboxylic acids is 1. The van der Waals surface area contributed by atoms with Crippen molar-refractivity contribution in [3.8, 4) is 5.75 Å².